The van der Waals surface area contributed by atoms with Crippen LogP contribution in [0.15, 0.2) is 12.1 Å². The predicted molar refractivity (Wildman–Crippen MR) is 53.1 cm³/mol. The zero-order chi connectivity index (χ0) is 13.1. The number of alkyl halides is 3. The van der Waals surface area contributed by atoms with E-state index in [0.717, 1.165) is 6.07 Å². The molecule has 2 N–H and O–H groups in total. The maximum absolute atomic E-state index is 13.2. The van der Waals surface area contributed by atoms with Gasteiger partial charge in [-0.15, -0.1) is 0 Å². The molecule has 1 rings (SSSR count). The fraction of sp³-hybridized carbons (Fsp3) is 0.400. The van der Waals surface area contributed by atoms with Crippen LogP contribution < -0.4 is 10.5 Å². The van der Waals surface area contributed by atoms with E-state index in [4.69, 9.17) is 10.5 Å². The molecule has 0 fully saturated rings. The van der Waals surface area contributed by atoms with Crippen LogP contribution in [-0.2, 0) is 4.74 Å². The molecule has 17 heavy (non-hydrogen) atoms. The van der Waals surface area contributed by atoms with Gasteiger partial charge < -0.3 is 15.2 Å². The summed E-state index contributed by atoms with van der Waals surface area (Å²) in [7, 11) is 0. The number of nitrogens with two attached hydrogens (primary N) is 1. The summed E-state index contributed by atoms with van der Waals surface area (Å²) in [6, 6.07) is 2.33. The molecule has 0 aliphatic rings. The Balaban J connectivity index is 2.50. The molecule has 0 saturated heterocycles. The second-order valence-corrected chi connectivity index (χ2v) is 3.37. The predicted octanol–water partition coefficient (Wildman–Crippen LogP) is 2.63. The maximum Gasteiger partial charge on any atom is 0.411 e. The van der Waals surface area contributed by atoms with Gasteiger partial charge >= 0.3 is 6.18 Å². The first-order valence-electron chi connectivity index (χ1n) is 4.62. The van der Waals surface area contributed by atoms with Crippen molar-refractivity contribution in [2.45, 2.75) is 13.1 Å². The molecule has 1 aromatic carbocycles. The maximum atomic E-state index is 13.2. The van der Waals surface area contributed by atoms with Crippen molar-refractivity contribution in [2.75, 3.05) is 19.1 Å². The number of hydrogen-bond donors (Lipinski definition) is 1. The molecule has 0 radical (unpaired) electrons. The third-order valence-electron chi connectivity index (χ3n) is 1.88. The van der Waals surface area contributed by atoms with Crippen LogP contribution in [0.3, 0.4) is 0 Å². The van der Waals surface area contributed by atoms with Crippen LogP contribution in [0, 0.1) is 12.7 Å². The second kappa shape index (κ2) is 5.22. The van der Waals surface area contributed by atoms with E-state index in [1.165, 1.54) is 6.07 Å². The highest BCUT2D eigenvalue weighted by Crippen LogP contribution is 2.23. The summed E-state index contributed by atoms with van der Waals surface area (Å²) in [6.07, 6.45) is -4.43. The third-order valence-corrected chi connectivity index (χ3v) is 1.88. The fourth-order valence-corrected chi connectivity index (χ4v) is 1.04. The van der Waals surface area contributed by atoms with Gasteiger partial charge in [-0.05, 0) is 18.6 Å². The van der Waals surface area contributed by atoms with Gasteiger partial charge in [0, 0.05) is 11.8 Å². The van der Waals surface area contributed by atoms with Crippen LogP contribution in [0.4, 0.5) is 23.2 Å². The summed E-state index contributed by atoms with van der Waals surface area (Å²) in [5.74, 6) is -0.942. The van der Waals surface area contributed by atoms with E-state index in [1.54, 1.807) is 6.92 Å². The molecule has 0 heterocycles. The molecule has 0 spiro atoms. The van der Waals surface area contributed by atoms with Gasteiger partial charge in [-0.3, -0.25) is 0 Å². The average molecular weight is 253 g/mol. The average Bonchev–Trinajstić information content (AvgIpc) is 2.18. The molecule has 0 saturated carbocycles. The molecule has 1 aromatic rings. The zero-order valence-corrected chi connectivity index (χ0v) is 8.97. The summed E-state index contributed by atoms with van der Waals surface area (Å²) in [5.41, 5.74) is 6.23. The van der Waals surface area contributed by atoms with E-state index < -0.39 is 25.4 Å². The Kier molecular flexibility index (Phi) is 4.17. The highest BCUT2D eigenvalue weighted by Gasteiger charge is 2.27. The SMILES string of the molecule is Cc1cc(OCOCC(F)(F)F)c(F)cc1N. The number of benzene rings is 1. The van der Waals surface area contributed by atoms with Crippen molar-refractivity contribution in [2.24, 2.45) is 0 Å². The van der Waals surface area contributed by atoms with Crippen LogP contribution in [0.2, 0.25) is 0 Å². The molecule has 0 atom stereocenters. The minimum atomic E-state index is -4.43. The van der Waals surface area contributed by atoms with Crippen molar-refractivity contribution in [3.8, 4) is 5.75 Å². The van der Waals surface area contributed by atoms with Crippen molar-refractivity contribution in [3.63, 3.8) is 0 Å². The topological polar surface area (TPSA) is 44.5 Å². The molecule has 0 bridgehead atoms. The Hall–Kier alpha value is -1.50. The van der Waals surface area contributed by atoms with E-state index in [1.807, 2.05) is 0 Å². The molecule has 3 nitrogen and oxygen atoms in total. The van der Waals surface area contributed by atoms with Crippen molar-refractivity contribution in [1.82, 2.24) is 0 Å². The van der Waals surface area contributed by atoms with E-state index in [-0.39, 0.29) is 11.4 Å². The van der Waals surface area contributed by atoms with Crippen LogP contribution in [0.25, 0.3) is 0 Å². The van der Waals surface area contributed by atoms with Gasteiger partial charge in [0.1, 0.15) is 6.61 Å². The fourth-order valence-electron chi connectivity index (χ4n) is 1.04. The summed E-state index contributed by atoms with van der Waals surface area (Å²) < 4.78 is 57.2. The second-order valence-electron chi connectivity index (χ2n) is 3.37. The molecule has 0 amide bonds. The summed E-state index contributed by atoms with van der Waals surface area (Å²) >= 11 is 0. The molecule has 0 unspecified atom stereocenters. The number of halogens is 4. The third kappa shape index (κ3) is 4.48. The summed E-state index contributed by atoms with van der Waals surface area (Å²) in [6.45, 7) is -0.499. The van der Waals surface area contributed by atoms with Gasteiger partial charge in [-0.2, -0.15) is 13.2 Å². The lowest BCUT2D eigenvalue weighted by Crippen LogP contribution is -2.19. The summed E-state index contributed by atoms with van der Waals surface area (Å²) in [4.78, 5) is 0. The zero-order valence-electron chi connectivity index (χ0n) is 8.97. The molecular formula is C10H11F4NO2. The van der Waals surface area contributed by atoms with E-state index in [2.05, 4.69) is 4.74 Å². The standard InChI is InChI=1S/C10H11F4NO2/c1-6-2-9(7(11)3-8(6)15)17-5-16-4-10(12,13)14/h2-3H,4-5,15H2,1H3. The molecule has 0 aromatic heterocycles. The molecule has 7 heteroatoms. The van der Waals surface area contributed by atoms with Crippen molar-refractivity contribution in [3.05, 3.63) is 23.5 Å². The number of aryl methyl sites for hydroxylation is 1. The van der Waals surface area contributed by atoms with Gasteiger partial charge in [0.2, 0.25) is 0 Å². The van der Waals surface area contributed by atoms with Crippen molar-refractivity contribution >= 4 is 5.69 Å². The van der Waals surface area contributed by atoms with Gasteiger partial charge in [-0.1, -0.05) is 0 Å². The quantitative estimate of drug-likeness (QED) is 0.388. The lowest BCUT2D eigenvalue weighted by Gasteiger charge is -2.11. The first-order chi connectivity index (χ1) is 7.79. The van der Waals surface area contributed by atoms with Gasteiger partial charge in [0.15, 0.2) is 18.4 Å². The molecule has 0 aliphatic heterocycles. The Morgan fingerprint density at radius 2 is 1.94 bits per heavy atom. The van der Waals surface area contributed by atoms with Crippen LogP contribution >= 0.6 is 0 Å². The number of ether oxygens (including phenoxy) is 2. The normalized spacial score (nSPS) is 11.6. The van der Waals surface area contributed by atoms with Gasteiger partial charge in [0.25, 0.3) is 0 Å². The lowest BCUT2D eigenvalue weighted by atomic mass is 10.2. The molecule has 96 valence electrons. The van der Waals surface area contributed by atoms with E-state index in [0.29, 0.717) is 5.56 Å². The van der Waals surface area contributed by atoms with E-state index in [9.17, 15) is 17.6 Å². The summed E-state index contributed by atoms with van der Waals surface area (Å²) in [5, 5.41) is 0. The Labute approximate surface area is 95.1 Å². The van der Waals surface area contributed by atoms with Crippen molar-refractivity contribution < 1.29 is 27.0 Å². The Morgan fingerprint density at radius 3 is 2.53 bits per heavy atom. The Bertz CT molecular complexity index is 393. The van der Waals surface area contributed by atoms with Crippen LogP contribution in [0.5, 0.6) is 5.75 Å². The van der Waals surface area contributed by atoms with Gasteiger partial charge in [-0.25, -0.2) is 4.39 Å². The Morgan fingerprint density at radius 1 is 1.29 bits per heavy atom. The van der Waals surface area contributed by atoms with Crippen LogP contribution in [0.1, 0.15) is 5.56 Å². The number of rotatable bonds is 4. The number of hydrogen-bond acceptors (Lipinski definition) is 3. The number of nitrogen functional groups attached to an aromatic ring is 1. The van der Waals surface area contributed by atoms with Crippen LogP contribution in [-0.4, -0.2) is 19.6 Å². The van der Waals surface area contributed by atoms with E-state index >= 15 is 0 Å². The monoisotopic (exact) mass is 253 g/mol. The molecular weight excluding hydrogens is 242 g/mol. The first-order valence-corrected chi connectivity index (χ1v) is 4.62. The largest absolute Gasteiger partial charge is 0.464 e. The minimum Gasteiger partial charge on any atom is -0.464 e. The van der Waals surface area contributed by atoms with Gasteiger partial charge in [0.05, 0.1) is 0 Å². The number of anilines is 1. The smallest absolute Gasteiger partial charge is 0.411 e. The minimum absolute atomic E-state index is 0.195. The first kappa shape index (κ1) is 13.6. The highest BCUT2D eigenvalue weighted by atomic mass is 19.4. The lowest BCUT2D eigenvalue weighted by molar-refractivity contribution is -0.187. The van der Waals surface area contributed by atoms with Crippen molar-refractivity contribution in [1.29, 1.82) is 0 Å². The highest BCUT2D eigenvalue weighted by molar-refractivity contribution is 5.50. The molecule has 0 aliphatic carbocycles.